The van der Waals surface area contributed by atoms with Crippen molar-refractivity contribution in [3.8, 4) is 6.07 Å². The molecule has 1 aliphatic heterocycles. The monoisotopic (exact) mass is 294 g/mol. The standard InChI is InChI=1S/C15H22N2O4/c1-5-20-14(19)11(9-16)12-7-6-8-17(12)10-13(18)21-15(2,3)4/h5-8,10H2,1-4H3. The van der Waals surface area contributed by atoms with E-state index < -0.39 is 11.6 Å². The third-order valence-corrected chi connectivity index (χ3v) is 2.84. The van der Waals surface area contributed by atoms with E-state index in [0.29, 0.717) is 18.7 Å². The second-order valence-electron chi connectivity index (χ2n) is 5.77. The molecule has 0 N–H and O–H groups in total. The normalized spacial score (nSPS) is 17.2. The molecule has 1 rings (SSSR count). The number of esters is 2. The number of hydrogen-bond donors (Lipinski definition) is 0. The van der Waals surface area contributed by atoms with Gasteiger partial charge in [-0.3, -0.25) is 4.79 Å². The molecule has 0 aromatic rings. The van der Waals surface area contributed by atoms with E-state index in [-0.39, 0.29) is 24.7 Å². The molecule has 0 aliphatic carbocycles. The maximum Gasteiger partial charge on any atom is 0.350 e. The SMILES string of the molecule is CCOC(=O)C(C#N)=C1CCCN1CC(=O)OC(C)(C)C. The molecule has 21 heavy (non-hydrogen) atoms. The van der Waals surface area contributed by atoms with Crippen molar-refractivity contribution in [1.29, 1.82) is 5.26 Å². The van der Waals surface area contributed by atoms with E-state index in [1.54, 1.807) is 32.6 Å². The van der Waals surface area contributed by atoms with Gasteiger partial charge >= 0.3 is 11.9 Å². The lowest BCUT2D eigenvalue weighted by molar-refractivity contribution is -0.155. The number of carbonyl (C=O) groups excluding carboxylic acids is 2. The third kappa shape index (κ3) is 5.10. The van der Waals surface area contributed by atoms with Crippen LogP contribution in [0.25, 0.3) is 0 Å². The number of nitriles is 1. The minimum absolute atomic E-state index is 0.0158. The zero-order chi connectivity index (χ0) is 16.0. The van der Waals surface area contributed by atoms with Gasteiger partial charge in [0.1, 0.15) is 18.2 Å². The van der Waals surface area contributed by atoms with Gasteiger partial charge in [0.15, 0.2) is 5.57 Å². The maximum atomic E-state index is 11.9. The number of ether oxygens (including phenoxy) is 2. The average molecular weight is 294 g/mol. The summed E-state index contributed by atoms with van der Waals surface area (Å²) in [6.07, 6.45) is 1.38. The summed E-state index contributed by atoms with van der Waals surface area (Å²) in [5, 5.41) is 9.17. The average Bonchev–Trinajstić information content (AvgIpc) is 2.76. The number of likely N-dealkylation sites (tertiary alicyclic amines) is 1. The fourth-order valence-corrected chi connectivity index (χ4v) is 2.15. The summed E-state index contributed by atoms with van der Waals surface area (Å²) < 4.78 is 10.1. The maximum absolute atomic E-state index is 11.9. The Hall–Kier alpha value is -2.03. The van der Waals surface area contributed by atoms with Crippen LogP contribution in [-0.2, 0) is 19.1 Å². The molecule has 0 aromatic carbocycles. The second kappa shape index (κ2) is 7.11. The van der Waals surface area contributed by atoms with Crippen molar-refractivity contribution >= 4 is 11.9 Å². The molecule has 6 nitrogen and oxygen atoms in total. The molecule has 0 atom stereocenters. The summed E-state index contributed by atoms with van der Waals surface area (Å²) in [5.74, 6) is -1.01. The first-order valence-corrected chi connectivity index (χ1v) is 7.05. The van der Waals surface area contributed by atoms with E-state index in [4.69, 9.17) is 9.47 Å². The highest BCUT2D eigenvalue weighted by Crippen LogP contribution is 2.25. The van der Waals surface area contributed by atoms with Crippen LogP contribution in [0.2, 0.25) is 0 Å². The van der Waals surface area contributed by atoms with Crippen LogP contribution in [-0.4, -0.2) is 42.1 Å². The molecule has 1 heterocycles. The van der Waals surface area contributed by atoms with E-state index in [2.05, 4.69) is 0 Å². The highest BCUT2D eigenvalue weighted by Gasteiger charge is 2.28. The molecule has 0 bridgehead atoms. The van der Waals surface area contributed by atoms with Gasteiger partial charge in [-0.1, -0.05) is 0 Å². The molecule has 0 radical (unpaired) electrons. The number of nitrogens with zero attached hydrogens (tertiary/aromatic N) is 2. The fraction of sp³-hybridized carbons (Fsp3) is 0.667. The predicted octanol–water partition coefficient (Wildman–Crippen LogP) is 1.76. The molecule has 1 fully saturated rings. The quantitative estimate of drug-likeness (QED) is 0.446. The minimum atomic E-state index is -0.633. The fourth-order valence-electron chi connectivity index (χ4n) is 2.15. The number of carbonyl (C=O) groups is 2. The van der Waals surface area contributed by atoms with Gasteiger partial charge in [0.2, 0.25) is 0 Å². The Balaban J connectivity index is 2.85. The van der Waals surface area contributed by atoms with Crippen molar-refractivity contribution in [2.45, 2.75) is 46.1 Å². The minimum Gasteiger partial charge on any atom is -0.462 e. The van der Waals surface area contributed by atoms with Crippen LogP contribution >= 0.6 is 0 Å². The van der Waals surface area contributed by atoms with Gasteiger partial charge in [-0.2, -0.15) is 5.26 Å². The molecule has 0 saturated carbocycles. The van der Waals surface area contributed by atoms with Crippen LogP contribution in [0.15, 0.2) is 11.3 Å². The van der Waals surface area contributed by atoms with Crippen LogP contribution < -0.4 is 0 Å². The number of hydrogen-bond acceptors (Lipinski definition) is 6. The largest absolute Gasteiger partial charge is 0.462 e. The van der Waals surface area contributed by atoms with E-state index in [1.165, 1.54) is 0 Å². The van der Waals surface area contributed by atoms with Gasteiger partial charge in [0.05, 0.1) is 6.61 Å². The predicted molar refractivity (Wildman–Crippen MR) is 75.9 cm³/mol. The van der Waals surface area contributed by atoms with E-state index in [9.17, 15) is 14.9 Å². The van der Waals surface area contributed by atoms with Crippen molar-refractivity contribution in [3.63, 3.8) is 0 Å². The Morgan fingerprint density at radius 2 is 2.05 bits per heavy atom. The first-order valence-electron chi connectivity index (χ1n) is 7.05. The zero-order valence-electron chi connectivity index (χ0n) is 13.1. The molecule has 6 heteroatoms. The molecule has 1 aliphatic rings. The lowest BCUT2D eigenvalue weighted by Crippen LogP contribution is -2.33. The number of allylic oxidation sites excluding steroid dienone is 1. The van der Waals surface area contributed by atoms with E-state index in [1.807, 2.05) is 6.07 Å². The summed E-state index contributed by atoms with van der Waals surface area (Å²) in [5.41, 5.74) is -0.000375. The van der Waals surface area contributed by atoms with Crippen molar-refractivity contribution in [2.24, 2.45) is 0 Å². The summed E-state index contributed by atoms with van der Waals surface area (Å²) in [6, 6.07) is 1.89. The van der Waals surface area contributed by atoms with E-state index in [0.717, 1.165) is 6.42 Å². The first kappa shape index (κ1) is 17.0. The molecule has 116 valence electrons. The van der Waals surface area contributed by atoms with Crippen molar-refractivity contribution in [3.05, 3.63) is 11.3 Å². The van der Waals surface area contributed by atoms with E-state index >= 15 is 0 Å². The third-order valence-electron chi connectivity index (χ3n) is 2.84. The second-order valence-corrected chi connectivity index (χ2v) is 5.77. The summed E-state index contributed by atoms with van der Waals surface area (Å²) in [6.45, 7) is 7.95. The van der Waals surface area contributed by atoms with Gasteiger partial charge in [0.25, 0.3) is 0 Å². The Morgan fingerprint density at radius 1 is 1.38 bits per heavy atom. The lowest BCUT2D eigenvalue weighted by Gasteiger charge is -2.24. The van der Waals surface area contributed by atoms with Gasteiger partial charge in [-0.05, 0) is 40.5 Å². The van der Waals surface area contributed by atoms with Crippen LogP contribution in [0.1, 0.15) is 40.5 Å². The molecule has 0 spiro atoms. The van der Waals surface area contributed by atoms with Gasteiger partial charge in [-0.15, -0.1) is 0 Å². The highest BCUT2D eigenvalue weighted by atomic mass is 16.6. The summed E-state index contributed by atoms with van der Waals surface area (Å²) in [7, 11) is 0. The van der Waals surface area contributed by atoms with Crippen molar-refractivity contribution in [2.75, 3.05) is 19.7 Å². The molecule has 1 saturated heterocycles. The first-order chi connectivity index (χ1) is 9.78. The van der Waals surface area contributed by atoms with Gasteiger partial charge in [0, 0.05) is 12.2 Å². The topological polar surface area (TPSA) is 79.6 Å². The summed E-state index contributed by atoms with van der Waals surface area (Å²) in [4.78, 5) is 25.4. The van der Waals surface area contributed by atoms with Crippen LogP contribution in [0.4, 0.5) is 0 Å². The Labute approximate surface area is 125 Å². The van der Waals surface area contributed by atoms with Crippen LogP contribution in [0, 0.1) is 11.3 Å². The van der Waals surface area contributed by atoms with Crippen molar-refractivity contribution in [1.82, 2.24) is 4.90 Å². The van der Waals surface area contributed by atoms with Crippen LogP contribution in [0.5, 0.6) is 0 Å². The summed E-state index contributed by atoms with van der Waals surface area (Å²) >= 11 is 0. The molecule has 0 aromatic heterocycles. The Bertz CT molecular complexity index is 483. The molecule has 0 unspecified atom stereocenters. The van der Waals surface area contributed by atoms with Gasteiger partial charge < -0.3 is 14.4 Å². The lowest BCUT2D eigenvalue weighted by atomic mass is 10.2. The molecular weight excluding hydrogens is 272 g/mol. The van der Waals surface area contributed by atoms with Crippen molar-refractivity contribution < 1.29 is 19.1 Å². The molecular formula is C15H22N2O4. The van der Waals surface area contributed by atoms with Crippen LogP contribution in [0.3, 0.4) is 0 Å². The zero-order valence-corrected chi connectivity index (χ0v) is 13.1. The smallest absolute Gasteiger partial charge is 0.350 e. The molecule has 0 amide bonds. The number of rotatable bonds is 4. The Morgan fingerprint density at radius 3 is 2.57 bits per heavy atom. The van der Waals surface area contributed by atoms with Gasteiger partial charge in [-0.25, -0.2) is 4.79 Å². The highest BCUT2D eigenvalue weighted by molar-refractivity contribution is 5.93. The Kier molecular flexibility index (Phi) is 5.77.